The molecule has 0 atom stereocenters. The molecule has 1 amide bonds. The standard InChI is InChI=1S/C21H27N5O3S/c27-19-13-15-14-30-12-5-17(15)22-26(19)11-8-24-6-9-25(10-7-24)21(28)20-16-3-1-2-4-18(16)29-23-20/h13H,1-12,14H2. The zero-order valence-electron chi connectivity index (χ0n) is 17.1. The highest BCUT2D eigenvalue weighted by molar-refractivity contribution is 7.98. The van der Waals surface area contributed by atoms with E-state index >= 15 is 0 Å². The highest BCUT2D eigenvalue weighted by Crippen LogP contribution is 2.25. The van der Waals surface area contributed by atoms with Crippen molar-refractivity contribution < 1.29 is 9.32 Å². The van der Waals surface area contributed by atoms with Crippen LogP contribution in [0.3, 0.4) is 0 Å². The lowest BCUT2D eigenvalue weighted by molar-refractivity contribution is 0.0620. The Morgan fingerprint density at radius 2 is 1.93 bits per heavy atom. The van der Waals surface area contributed by atoms with Crippen LogP contribution in [0.25, 0.3) is 0 Å². The second kappa shape index (κ2) is 8.55. The van der Waals surface area contributed by atoms with Crippen molar-refractivity contribution in [3.63, 3.8) is 0 Å². The third kappa shape index (κ3) is 3.92. The SMILES string of the molecule is O=C(c1noc2c1CCCC2)N1CCN(CCn2nc3c(cc2=O)CSCC3)CC1. The lowest BCUT2D eigenvalue weighted by Crippen LogP contribution is -2.50. The number of nitrogens with zero attached hydrogens (tertiary/aromatic N) is 5. The lowest BCUT2D eigenvalue weighted by atomic mass is 9.96. The Hall–Kier alpha value is -2.13. The number of aromatic nitrogens is 3. The van der Waals surface area contributed by atoms with Crippen molar-refractivity contribution in [3.05, 3.63) is 44.7 Å². The van der Waals surface area contributed by atoms with Crippen LogP contribution in [-0.4, -0.2) is 69.1 Å². The summed E-state index contributed by atoms with van der Waals surface area (Å²) in [4.78, 5) is 29.5. The molecule has 8 nitrogen and oxygen atoms in total. The van der Waals surface area contributed by atoms with Crippen LogP contribution < -0.4 is 5.56 Å². The summed E-state index contributed by atoms with van der Waals surface area (Å²) in [5.74, 6) is 2.85. The third-order valence-electron chi connectivity index (χ3n) is 6.35. The molecule has 0 radical (unpaired) electrons. The molecule has 9 heteroatoms. The first kappa shape index (κ1) is 19.8. The van der Waals surface area contributed by atoms with E-state index < -0.39 is 0 Å². The molecular formula is C21H27N5O3S. The van der Waals surface area contributed by atoms with Crippen molar-refractivity contribution >= 4 is 17.7 Å². The van der Waals surface area contributed by atoms with E-state index in [9.17, 15) is 9.59 Å². The molecule has 0 saturated carbocycles. The number of amides is 1. The number of hydrogen-bond acceptors (Lipinski definition) is 7. The van der Waals surface area contributed by atoms with Crippen molar-refractivity contribution in [2.45, 2.75) is 44.4 Å². The van der Waals surface area contributed by atoms with Gasteiger partial charge in [0.2, 0.25) is 0 Å². The van der Waals surface area contributed by atoms with Gasteiger partial charge in [0.25, 0.3) is 11.5 Å². The molecule has 2 aromatic heterocycles. The summed E-state index contributed by atoms with van der Waals surface area (Å²) in [5.41, 5.74) is 3.68. The molecule has 0 unspecified atom stereocenters. The van der Waals surface area contributed by atoms with Crippen LogP contribution in [0, 0.1) is 0 Å². The maximum Gasteiger partial charge on any atom is 0.276 e. The fourth-order valence-electron chi connectivity index (χ4n) is 4.53. The molecular weight excluding hydrogens is 402 g/mol. The maximum atomic E-state index is 12.9. The van der Waals surface area contributed by atoms with Crippen molar-refractivity contribution in [1.82, 2.24) is 24.7 Å². The first-order valence-electron chi connectivity index (χ1n) is 10.9. The molecule has 1 fully saturated rings. The lowest BCUT2D eigenvalue weighted by Gasteiger charge is -2.34. The summed E-state index contributed by atoms with van der Waals surface area (Å²) in [6, 6.07) is 1.75. The Morgan fingerprint density at radius 1 is 1.10 bits per heavy atom. The number of rotatable bonds is 4. The van der Waals surface area contributed by atoms with Gasteiger partial charge in [-0.2, -0.15) is 16.9 Å². The minimum absolute atomic E-state index is 0.00741. The topological polar surface area (TPSA) is 84.5 Å². The van der Waals surface area contributed by atoms with Crippen LogP contribution in [0.2, 0.25) is 0 Å². The van der Waals surface area contributed by atoms with Crippen LogP contribution in [0.5, 0.6) is 0 Å². The fourth-order valence-corrected chi connectivity index (χ4v) is 5.48. The largest absolute Gasteiger partial charge is 0.360 e. The summed E-state index contributed by atoms with van der Waals surface area (Å²) in [6.45, 7) is 4.28. The van der Waals surface area contributed by atoms with Gasteiger partial charge >= 0.3 is 0 Å². The van der Waals surface area contributed by atoms with Crippen LogP contribution in [0.1, 0.15) is 45.9 Å². The van der Waals surface area contributed by atoms with Crippen molar-refractivity contribution in [2.75, 3.05) is 38.5 Å². The number of piperazine rings is 1. The van der Waals surface area contributed by atoms with Crippen LogP contribution >= 0.6 is 11.8 Å². The van der Waals surface area contributed by atoms with Gasteiger partial charge in [-0.3, -0.25) is 14.5 Å². The number of fused-ring (bicyclic) bond motifs is 2. The highest BCUT2D eigenvalue weighted by Gasteiger charge is 2.29. The molecule has 5 rings (SSSR count). The molecule has 3 aliphatic rings. The van der Waals surface area contributed by atoms with Gasteiger partial charge in [0.1, 0.15) is 5.76 Å². The second-order valence-electron chi connectivity index (χ2n) is 8.25. The zero-order chi connectivity index (χ0) is 20.5. The van der Waals surface area contributed by atoms with Crippen LogP contribution in [0.15, 0.2) is 15.4 Å². The summed E-state index contributed by atoms with van der Waals surface area (Å²) in [7, 11) is 0. The monoisotopic (exact) mass is 429 g/mol. The molecule has 30 heavy (non-hydrogen) atoms. The first-order chi connectivity index (χ1) is 14.7. The molecule has 2 aliphatic heterocycles. The predicted molar refractivity (Wildman–Crippen MR) is 114 cm³/mol. The molecule has 0 aromatic carbocycles. The zero-order valence-corrected chi connectivity index (χ0v) is 18.0. The second-order valence-corrected chi connectivity index (χ2v) is 9.36. The van der Waals surface area contributed by atoms with E-state index in [2.05, 4.69) is 15.2 Å². The minimum atomic E-state index is -0.0131. The molecule has 0 bridgehead atoms. The van der Waals surface area contributed by atoms with E-state index in [1.807, 2.05) is 16.7 Å². The van der Waals surface area contributed by atoms with Gasteiger partial charge in [-0.05, 0) is 30.6 Å². The van der Waals surface area contributed by atoms with Crippen molar-refractivity contribution in [3.8, 4) is 0 Å². The average Bonchev–Trinajstić information content (AvgIpc) is 3.22. The normalized spacial score (nSPS) is 19.4. The molecule has 160 valence electrons. The van der Waals surface area contributed by atoms with E-state index in [4.69, 9.17) is 4.52 Å². The molecule has 4 heterocycles. The van der Waals surface area contributed by atoms with Crippen LogP contribution in [-0.2, 0) is 31.6 Å². The molecule has 2 aromatic rings. The molecule has 0 N–H and O–H groups in total. The van der Waals surface area contributed by atoms with Gasteiger partial charge in [0.15, 0.2) is 5.69 Å². The fraction of sp³-hybridized carbons (Fsp3) is 0.619. The number of carbonyl (C=O) groups is 1. The smallest absolute Gasteiger partial charge is 0.276 e. The molecule has 1 saturated heterocycles. The Kier molecular flexibility index (Phi) is 5.64. The maximum absolute atomic E-state index is 12.9. The van der Waals surface area contributed by atoms with Gasteiger partial charge in [0.05, 0.1) is 12.2 Å². The van der Waals surface area contributed by atoms with E-state index in [0.717, 1.165) is 85.8 Å². The minimum Gasteiger partial charge on any atom is -0.360 e. The molecule has 1 aliphatic carbocycles. The first-order valence-corrected chi connectivity index (χ1v) is 12.0. The quantitative estimate of drug-likeness (QED) is 0.725. The number of hydrogen-bond donors (Lipinski definition) is 0. The van der Waals surface area contributed by atoms with E-state index in [0.29, 0.717) is 25.3 Å². The van der Waals surface area contributed by atoms with E-state index in [1.165, 1.54) is 0 Å². The van der Waals surface area contributed by atoms with Gasteiger partial charge in [-0.15, -0.1) is 0 Å². The highest BCUT2D eigenvalue weighted by atomic mass is 32.2. The Morgan fingerprint density at radius 3 is 2.80 bits per heavy atom. The van der Waals surface area contributed by atoms with Gasteiger partial charge in [-0.1, -0.05) is 5.16 Å². The Labute approximate surface area is 179 Å². The number of thioether (sulfide) groups is 1. The molecule has 0 spiro atoms. The summed E-state index contributed by atoms with van der Waals surface area (Å²) in [5, 5.41) is 8.68. The van der Waals surface area contributed by atoms with Gasteiger partial charge in [-0.25, -0.2) is 4.68 Å². The van der Waals surface area contributed by atoms with E-state index in [-0.39, 0.29) is 11.5 Å². The Bertz CT molecular complexity index is 993. The predicted octanol–water partition coefficient (Wildman–Crippen LogP) is 1.36. The average molecular weight is 430 g/mol. The number of aryl methyl sites for hydroxylation is 2. The van der Waals surface area contributed by atoms with Gasteiger partial charge < -0.3 is 9.42 Å². The summed E-state index contributed by atoms with van der Waals surface area (Å²) in [6.07, 6.45) is 4.92. The van der Waals surface area contributed by atoms with Gasteiger partial charge in [0, 0.05) is 62.9 Å². The summed E-state index contributed by atoms with van der Waals surface area (Å²) < 4.78 is 7.02. The summed E-state index contributed by atoms with van der Waals surface area (Å²) >= 11 is 1.86. The van der Waals surface area contributed by atoms with E-state index in [1.54, 1.807) is 10.7 Å². The Balaban J connectivity index is 1.16. The number of carbonyl (C=O) groups excluding carboxylic acids is 1. The van der Waals surface area contributed by atoms with Crippen LogP contribution in [0.4, 0.5) is 0 Å². The van der Waals surface area contributed by atoms with Crippen molar-refractivity contribution in [1.29, 1.82) is 0 Å². The third-order valence-corrected chi connectivity index (χ3v) is 7.35. The van der Waals surface area contributed by atoms with Crippen molar-refractivity contribution in [2.24, 2.45) is 0 Å².